The van der Waals surface area contributed by atoms with Crippen molar-refractivity contribution in [3.8, 4) is 0 Å². The largest absolute Gasteiger partial charge is 0.468 e. The van der Waals surface area contributed by atoms with E-state index in [1.807, 2.05) is 0 Å². The molecule has 0 aromatic carbocycles. The highest BCUT2D eigenvalue weighted by molar-refractivity contribution is 7.89. The zero-order valence-electron chi connectivity index (χ0n) is 8.76. The van der Waals surface area contributed by atoms with Gasteiger partial charge in [0.15, 0.2) is 5.75 Å². The normalized spacial score (nSPS) is 27.9. The Morgan fingerprint density at radius 2 is 2.20 bits per heavy atom. The summed E-state index contributed by atoms with van der Waals surface area (Å²) in [6.45, 7) is 1.85. The van der Waals surface area contributed by atoms with Crippen molar-refractivity contribution in [1.29, 1.82) is 0 Å². The Morgan fingerprint density at radius 3 is 2.60 bits per heavy atom. The number of carbonyl (C=O) groups is 1. The van der Waals surface area contributed by atoms with Gasteiger partial charge in [0.1, 0.15) is 0 Å². The number of esters is 1. The van der Waals surface area contributed by atoms with Crippen molar-refractivity contribution in [2.45, 2.75) is 18.9 Å². The van der Waals surface area contributed by atoms with Gasteiger partial charge in [0.2, 0.25) is 10.0 Å². The first-order valence-corrected chi connectivity index (χ1v) is 6.15. The van der Waals surface area contributed by atoms with E-state index < -0.39 is 27.3 Å². The molecule has 1 aliphatic rings. The number of hydrogen-bond donors (Lipinski definition) is 1. The molecule has 0 amide bonds. The fraction of sp³-hybridized carbons (Fsp3) is 0.875. The number of aliphatic hydroxyl groups is 1. The second-order valence-electron chi connectivity index (χ2n) is 3.91. The smallest absolute Gasteiger partial charge is 0.322 e. The molecule has 15 heavy (non-hydrogen) atoms. The lowest BCUT2D eigenvalue weighted by molar-refractivity contribution is -0.137. The molecule has 1 aliphatic heterocycles. The highest BCUT2D eigenvalue weighted by Gasteiger charge is 2.38. The molecule has 1 unspecified atom stereocenters. The Labute approximate surface area is 88.9 Å². The summed E-state index contributed by atoms with van der Waals surface area (Å²) in [5, 5.41) is 9.60. The number of methoxy groups -OCH3 is 1. The minimum atomic E-state index is -3.64. The van der Waals surface area contributed by atoms with E-state index >= 15 is 0 Å². The summed E-state index contributed by atoms with van der Waals surface area (Å²) in [6, 6.07) is 0. The molecule has 0 aromatic heterocycles. The van der Waals surface area contributed by atoms with Gasteiger partial charge in [-0.05, 0) is 13.3 Å². The van der Waals surface area contributed by atoms with Crippen LogP contribution in [-0.4, -0.2) is 55.4 Å². The second-order valence-corrected chi connectivity index (χ2v) is 5.88. The standard InChI is InChI=1S/C8H15NO5S/c1-8(11)3-4-9(6-8)15(12,13)5-7(10)14-2/h11H,3-6H2,1-2H3. The van der Waals surface area contributed by atoms with Gasteiger partial charge in [0, 0.05) is 13.1 Å². The van der Waals surface area contributed by atoms with Gasteiger partial charge in [0.05, 0.1) is 12.7 Å². The minimum absolute atomic E-state index is 0.0341. The van der Waals surface area contributed by atoms with Crippen molar-refractivity contribution in [1.82, 2.24) is 4.31 Å². The van der Waals surface area contributed by atoms with Crippen molar-refractivity contribution in [3.63, 3.8) is 0 Å². The summed E-state index contributed by atoms with van der Waals surface area (Å²) in [6.07, 6.45) is 0.382. The maximum absolute atomic E-state index is 11.6. The van der Waals surface area contributed by atoms with Gasteiger partial charge in [-0.25, -0.2) is 8.42 Å². The highest BCUT2D eigenvalue weighted by atomic mass is 32.2. The zero-order chi connectivity index (χ0) is 11.7. The first-order valence-electron chi connectivity index (χ1n) is 4.54. The van der Waals surface area contributed by atoms with E-state index in [2.05, 4.69) is 4.74 Å². The first-order chi connectivity index (χ1) is 6.77. The number of ether oxygens (including phenoxy) is 1. The van der Waals surface area contributed by atoms with E-state index in [0.717, 1.165) is 11.4 Å². The van der Waals surface area contributed by atoms with Crippen LogP contribution >= 0.6 is 0 Å². The molecular formula is C8H15NO5S. The van der Waals surface area contributed by atoms with E-state index in [-0.39, 0.29) is 13.1 Å². The lowest BCUT2D eigenvalue weighted by Crippen LogP contribution is -2.37. The lowest BCUT2D eigenvalue weighted by Gasteiger charge is -2.18. The number of carbonyl (C=O) groups excluding carboxylic acids is 1. The molecule has 0 spiro atoms. The monoisotopic (exact) mass is 237 g/mol. The average Bonchev–Trinajstić information content (AvgIpc) is 2.45. The summed E-state index contributed by atoms with van der Waals surface area (Å²) in [4.78, 5) is 10.9. The third-order valence-electron chi connectivity index (χ3n) is 2.34. The van der Waals surface area contributed by atoms with Gasteiger partial charge in [-0.1, -0.05) is 0 Å². The van der Waals surface area contributed by atoms with E-state index in [1.54, 1.807) is 6.92 Å². The molecule has 0 aromatic rings. The molecule has 0 saturated carbocycles. The van der Waals surface area contributed by atoms with Crippen LogP contribution in [0, 0.1) is 0 Å². The van der Waals surface area contributed by atoms with E-state index in [1.165, 1.54) is 0 Å². The first kappa shape index (κ1) is 12.4. The predicted molar refractivity (Wildman–Crippen MR) is 52.6 cm³/mol. The maximum atomic E-state index is 11.6. The van der Waals surface area contributed by atoms with Crippen LogP contribution in [0.25, 0.3) is 0 Å². The average molecular weight is 237 g/mol. The third-order valence-corrected chi connectivity index (χ3v) is 4.04. The van der Waals surface area contributed by atoms with E-state index in [0.29, 0.717) is 6.42 Å². The fourth-order valence-corrected chi connectivity index (χ4v) is 2.88. The Morgan fingerprint density at radius 1 is 1.60 bits per heavy atom. The number of hydrogen-bond acceptors (Lipinski definition) is 5. The van der Waals surface area contributed by atoms with Crippen LogP contribution in [0.5, 0.6) is 0 Å². The van der Waals surface area contributed by atoms with Gasteiger partial charge < -0.3 is 9.84 Å². The Hall–Kier alpha value is -0.660. The van der Waals surface area contributed by atoms with Crippen molar-refractivity contribution in [2.24, 2.45) is 0 Å². The van der Waals surface area contributed by atoms with Crippen LogP contribution in [0.4, 0.5) is 0 Å². The van der Waals surface area contributed by atoms with Crippen molar-refractivity contribution < 1.29 is 23.1 Å². The topological polar surface area (TPSA) is 83.9 Å². The van der Waals surface area contributed by atoms with E-state index in [4.69, 9.17) is 0 Å². The molecule has 1 atom stereocenters. The van der Waals surface area contributed by atoms with E-state index in [9.17, 15) is 18.3 Å². The van der Waals surface area contributed by atoms with Crippen LogP contribution in [-0.2, 0) is 19.6 Å². The summed E-state index contributed by atoms with van der Waals surface area (Å²) in [5.74, 6) is -1.46. The summed E-state index contributed by atoms with van der Waals surface area (Å²) in [5.41, 5.74) is -0.997. The Kier molecular flexibility index (Phi) is 3.37. The molecule has 0 aliphatic carbocycles. The Balaban J connectivity index is 2.68. The summed E-state index contributed by atoms with van der Waals surface area (Å²) in [7, 11) is -2.51. The molecule has 1 heterocycles. The number of sulfonamides is 1. The van der Waals surface area contributed by atoms with Crippen molar-refractivity contribution in [2.75, 3.05) is 26.0 Å². The number of rotatable bonds is 3. The quantitative estimate of drug-likeness (QED) is 0.633. The van der Waals surface area contributed by atoms with Crippen LogP contribution in [0.2, 0.25) is 0 Å². The molecule has 7 heteroatoms. The van der Waals surface area contributed by atoms with Crippen molar-refractivity contribution in [3.05, 3.63) is 0 Å². The fourth-order valence-electron chi connectivity index (χ4n) is 1.44. The van der Waals surface area contributed by atoms with Gasteiger partial charge in [-0.3, -0.25) is 4.79 Å². The van der Waals surface area contributed by atoms with Crippen LogP contribution in [0.15, 0.2) is 0 Å². The number of β-amino-alcohol motifs (C(OH)–C–C–N with tert-alkyl or cyclic N) is 1. The molecule has 88 valence electrons. The van der Waals surface area contributed by atoms with Gasteiger partial charge in [-0.2, -0.15) is 4.31 Å². The molecular weight excluding hydrogens is 222 g/mol. The molecule has 1 saturated heterocycles. The third kappa shape index (κ3) is 3.15. The summed E-state index contributed by atoms with van der Waals surface area (Å²) >= 11 is 0. The van der Waals surface area contributed by atoms with Gasteiger partial charge in [-0.15, -0.1) is 0 Å². The molecule has 1 fully saturated rings. The minimum Gasteiger partial charge on any atom is -0.468 e. The van der Waals surface area contributed by atoms with Gasteiger partial charge >= 0.3 is 5.97 Å². The molecule has 0 radical (unpaired) electrons. The van der Waals surface area contributed by atoms with Gasteiger partial charge in [0.25, 0.3) is 0 Å². The predicted octanol–water partition coefficient (Wildman–Crippen LogP) is -1.05. The lowest BCUT2D eigenvalue weighted by atomic mass is 10.1. The van der Waals surface area contributed by atoms with Crippen LogP contribution in [0.3, 0.4) is 0 Å². The highest BCUT2D eigenvalue weighted by Crippen LogP contribution is 2.22. The van der Waals surface area contributed by atoms with Crippen LogP contribution in [0.1, 0.15) is 13.3 Å². The Bertz CT molecular complexity index is 348. The molecule has 1 N–H and O–H groups in total. The zero-order valence-corrected chi connectivity index (χ0v) is 9.58. The molecule has 1 rings (SSSR count). The molecule has 0 bridgehead atoms. The number of nitrogens with zero attached hydrogens (tertiary/aromatic N) is 1. The van der Waals surface area contributed by atoms with Crippen LogP contribution < -0.4 is 0 Å². The summed E-state index contributed by atoms with van der Waals surface area (Å²) < 4.78 is 28.6. The maximum Gasteiger partial charge on any atom is 0.322 e. The van der Waals surface area contributed by atoms with Crippen molar-refractivity contribution >= 4 is 16.0 Å². The second kappa shape index (κ2) is 4.07. The molecule has 6 nitrogen and oxygen atoms in total. The SMILES string of the molecule is COC(=O)CS(=O)(=O)N1CCC(C)(O)C1.